The molecule has 0 spiro atoms. The third-order valence-corrected chi connectivity index (χ3v) is 2.81. The van der Waals surface area contributed by atoms with Crippen LogP contribution in [0.5, 0.6) is 0 Å². The minimum Gasteiger partial charge on any atom is -0.369 e. The summed E-state index contributed by atoms with van der Waals surface area (Å²) in [6.45, 7) is 8.28. The third-order valence-electron chi connectivity index (χ3n) is 2.81. The zero-order valence-electron chi connectivity index (χ0n) is 12.7. The molecule has 0 unspecified atom stereocenters. The Morgan fingerprint density at radius 3 is 2.47 bits per heavy atom. The molecular weight excluding hydrogens is 238 g/mol. The maximum atomic E-state index is 4.64. The van der Waals surface area contributed by atoms with Crippen LogP contribution in [-0.4, -0.2) is 55.1 Å². The topological polar surface area (TPSA) is 44.3 Å². The molecule has 5 heteroatoms. The minimum absolute atomic E-state index is 0.866. The zero-order valence-corrected chi connectivity index (χ0v) is 12.7. The summed E-state index contributed by atoms with van der Waals surface area (Å²) in [4.78, 5) is 13.4. The molecule has 0 atom stereocenters. The van der Waals surface area contributed by atoms with Crippen molar-refractivity contribution in [2.24, 2.45) is 0 Å². The average Bonchev–Trinajstić information content (AvgIpc) is 2.41. The van der Waals surface area contributed by atoms with Gasteiger partial charge in [-0.3, -0.25) is 4.98 Å². The van der Waals surface area contributed by atoms with Gasteiger partial charge in [-0.2, -0.15) is 0 Å². The van der Waals surface area contributed by atoms with Crippen molar-refractivity contribution in [3.8, 4) is 0 Å². The summed E-state index contributed by atoms with van der Waals surface area (Å²) in [5.41, 5.74) is 0. The highest BCUT2D eigenvalue weighted by molar-refractivity contribution is 5.43. The number of likely N-dealkylation sites (N-methyl/N-ethyl adjacent to an activating group) is 1. The Kier molecular flexibility index (Phi) is 7.18. The first-order valence-electron chi connectivity index (χ1n) is 7.13. The number of nitrogens with one attached hydrogen (secondary N) is 1. The van der Waals surface area contributed by atoms with Crippen LogP contribution in [0.1, 0.15) is 26.7 Å². The maximum Gasteiger partial charge on any atom is 0.149 e. The fourth-order valence-electron chi connectivity index (χ4n) is 1.78. The molecule has 0 amide bonds. The van der Waals surface area contributed by atoms with Crippen LogP contribution >= 0.6 is 0 Å². The molecule has 0 saturated carbocycles. The van der Waals surface area contributed by atoms with E-state index in [0.29, 0.717) is 0 Å². The predicted molar refractivity (Wildman–Crippen MR) is 81.9 cm³/mol. The maximum absolute atomic E-state index is 4.64. The van der Waals surface area contributed by atoms with Crippen LogP contribution in [0.25, 0.3) is 0 Å². The van der Waals surface area contributed by atoms with Gasteiger partial charge in [-0.1, -0.05) is 13.8 Å². The Morgan fingerprint density at radius 1 is 1.05 bits per heavy atom. The molecule has 0 radical (unpaired) electrons. The van der Waals surface area contributed by atoms with Crippen molar-refractivity contribution in [2.75, 3.05) is 50.5 Å². The van der Waals surface area contributed by atoms with Crippen LogP contribution in [0.2, 0.25) is 0 Å². The molecule has 108 valence electrons. The van der Waals surface area contributed by atoms with Crippen molar-refractivity contribution in [3.63, 3.8) is 0 Å². The van der Waals surface area contributed by atoms with Gasteiger partial charge in [0.05, 0.1) is 12.4 Å². The van der Waals surface area contributed by atoms with Gasteiger partial charge < -0.3 is 15.1 Å². The number of rotatable bonds is 9. The van der Waals surface area contributed by atoms with Crippen molar-refractivity contribution in [2.45, 2.75) is 26.7 Å². The van der Waals surface area contributed by atoms with Gasteiger partial charge in [0.1, 0.15) is 11.6 Å². The second-order valence-corrected chi connectivity index (χ2v) is 4.98. The number of hydrogen-bond donors (Lipinski definition) is 1. The van der Waals surface area contributed by atoms with Gasteiger partial charge in [0, 0.05) is 26.2 Å². The lowest BCUT2D eigenvalue weighted by atomic mass is 10.4. The van der Waals surface area contributed by atoms with Crippen molar-refractivity contribution in [1.82, 2.24) is 14.9 Å². The molecule has 0 aliphatic rings. The lowest BCUT2D eigenvalue weighted by Crippen LogP contribution is -2.33. The molecule has 0 saturated heterocycles. The van der Waals surface area contributed by atoms with E-state index >= 15 is 0 Å². The van der Waals surface area contributed by atoms with Gasteiger partial charge in [0.2, 0.25) is 0 Å². The van der Waals surface area contributed by atoms with Crippen LogP contribution in [0.4, 0.5) is 11.6 Å². The Bertz CT molecular complexity index is 353. The molecule has 1 rings (SSSR count). The smallest absolute Gasteiger partial charge is 0.149 e. The molecule has 0 aliphatic carbocycles. The molecule has 0 aliphatic heterocycles. The summed E-state index contributed by atoms with van der Waals surface area (Å²) in [5, 5.41) is 3.29. The quantitative estimate of drug-likeness (QED) is 0.740. The summed E-state index contributed by atoms with van der Waals surface area (Å²) in [5.74, 6) is 1.83. The number of anilines is 2. The molecule has 0 bridgehead atoms. The molecule has 19 heavy (non-hydrogen) atoms. The minimum atomic E-state index is 0.866. The summed E-state index contributed by atoms with van der Waals surface area (Å²) < 4.78 is 0. The highest BCUT2D eigenvalue weighted by atomic mass is 15.2. The van der Waals surface area contributed by atoms with E-state index in [-0.39, 0.29) is 0 Å². The Labute approximate surface area is 117 Å². The molecule has 5 nitrogen and oxygen atoms in total. The van der Waals surface area contributed by atoms with Crippen molar-refractivity contribution < 1.29 is 0 Å². The average molecular weight is 265 g/mol. The van der Waals surface area contributed by atoms with Crippen molar-refractivity contribution in [1.29, 1.82) is 0 Å². The van der Waals surface area contributed by atoms with Crippen LogP contribution in [-0.2, 0) is 0 Å². The molecule has 1 heterocycles. The van der Waals surface area contributed by atoms with E-state index in [4.69, 9.17) is 0 Å². The number of nitrogens with zero attached hydrogens (tertiary/aromatic N) is 4. The Hall–Kier alpha value is -1.36. The van der Waals surface area contributed by atoms with E-state index in [1.807, 2.05) is 6.20 Å². The fraction of sp³-hybridized carbons (Fsp3) is 0.714. The van der Waals surface area contributed by atoms with Crippen LogP contribution in [0.3, 0.4) is 0 Å². The van der Waals surface area contributed by atoms with Gasteiger partial charge >= 0.3 is 0 Å². The summed E-state index contributed by atoms with van der Waals surface area (Å²) in [6, 6.07) is 0. The first-order valence-corrected chi connectivity index (χ1v) is 7.13. The summed E-state index contributed by atoms with van der Waals surface area (Å²) in [6.07, 6.45) is 5.84. The Balaban J connectivity index is 2.71. The molecule has 1 N–H and O–H groups in total. The Morgan fingerprint density at radius 2 is 1.84 bits per heavy atom. The van der Waals surface area contributed by atoms with Gasteiger partial charge in [-0.15, -0.1) is 0 Å². The van der Waals surface area contributed by atoms with E-state index in [1.165, 1.54) is 0 Å². The molecule has 0 aromatic carbocycles. The van der Waals surface area contributed by atoms with Crippen molar-refractivity contribution >= 4 is 11.6 Å². The molecule has 1 aromatic heterocycles. The van der Waals surface area contributed by atoms with Gasteiger partial charge in [0.25, 0.3) is 0 Å². The van der Waals surface area contributed by atoms with E-state index < -0.39 is 0 Å². The highest BCUT2D eigenvalue weighted by Gasteiger charge is 2.08. The fourth-order valence-corrected chi connectivity index (χ4v) is 1.78. The summed E-state index contributed by atoms with van der Waals surface area (Å²) in [7, 11) is 4.18. The first kappa shape index (κ1) is 15.7. The summed E-state index contributed by atoms with van der Waals surface area (Å²) >= 11 is 0. The highest BCUT2D eigenvalue weighted by Crippen LogP contribution is 2.12. The predicted octanol–water partition coefficient (Wildman–Crippen LogP) is 2.08. The largest absolute Gasteiger partial charge is 0.369 e. The second-order valence-electron chi connectivity index (χ2n) is 4.98. The van der Waals surface area contributed by atoms with Gasteiger partial charge in [0.15, 0.2) is 0 Å². The number of hydrogen-bond acceptors (Lipinski definition) is 5. The van der Waals surface area contributed by atoms with E-state index in [9.17, 15) is 0 Å². The van der Waals surface area contributed by atoms with Gasteiger partial charge in [-0.05, 0) is 26.9 Å². The zero-order chi connectivity index (χ0) is 14.1. The normalized spacial score (nSPS) is 10.8. The SMILES string of the molecule is CCCNc1cncc(N(CCC)CCN(C)C)n1. The molecule has 1 aromatic rings. The second kappa shape index (κ2) is 8.69. The third kappa shape index (κ3) is 5.87. The standard InChI is InChI=1S/C14H27N5/c1-5-7-16-13-11-15-12-14(17-13)19(8-6-2)10-9-18(3)4/h11-12H,5-10H2,1-4H3,(H,16,17). The van der Waals surface area contributed by atoms with E-state index in [2.05, 4.69) is 53.0 Å². The van der Waals surface area contributed by atoms with E-state index in [1.54, 1.807) is 6.20 Å². The lowest BCUT2D eigenvalue weighted by Gasteiger charge is -2.25. The van der Waals surface area contributed by atoms with E-state index in [0.717, 1.165) is 50.7 Å². The van der Waals surface area contributed by atoms with Crippen LogP contribution in [0, 0.1) is 0 Å². The first-order chi connectivity index (χ1) is 9.17. The monoisotopic (exact) mass is 265 g/mol. The van der Waals surface area contributed by atoms with Crippen molar-refractivity contribution in [3.05, 3.63) is 12.4 Å². The van der Waals surface area contributed by atoms with Crippen LogP contribution < -0.4 is 10.2 Å². The van der Waals surface area contributed by atoms with Crippen LogP contribution in [0.15, 0.2) is 12.4 Å². The molecule has 0 fully saturated rings. The lowest BCUT2D eigenvalue weighted by molar-refractivity contribution is 0.412. The van der Waals surface area contributed by atoms with Gasteiger partial charge in [-0.25, -0.2) is 4.98 Å². The number of aromatic nitrogens is 2. The molecular formula is C14H27N5.